The van der Waals surface area contributed by atoms with E-state index in [-0.39, 0.29) is 5.82 Å². The van der Waals surface area contributed by atoms with Crippen LogP contribution in [0.5, 0.6) is 0 Å². The zero-order valence-electron chi connectivity index (χ0n) is 16.8. The predicted octanol–water partition coefficient (Wildman–Crippen LogP) is 3.29. The minimum Gasteiger partial charge on any atom is -0.369 e. The number of hydrogen-bond acceptors (Lipinski definition) is 6. The van der Waals surface area contributed by atoms with Crippen LogP contribution in [0.25, 0.3) is 22.0 Å². The van der Waals surface area contributed by atoms with Gasteiger partial charge in [0.25, 0.3) is 5.91 Å². The molecule has 3 aromatic heterocycles. The summed E-state index contributed by atoms with van der Waals surface area (Å²) in [4.78, 5) is 24.6. The molecule has 1 atom stereocenters. The maximum absolute atomic E-state index is 13.3. The minimum absolute atomic E-state index is 0.120. The van der Waals surface area contributed by atoms with Crippen LogP contribution in [0.4, 0.5) is 5.69 Å². The summed E-state index contributed by atoms with van der Waals surface area (Å²) in [6.45, 7) is 0. The molecule has 0 bridgehead atoms. The van der Waals surface area contributed by atoms with Crippen LogP contribution >= 0.6 is 0 Å². The second-order valence-electron chi connectivity index (χ2n) is 7.21. The Labute approximate surface area is 183 Å². The third-order valence-electron chi connectivity index (χ3n) is 5.21. The van der Waals surface area contributed by atoms with E-state index in [1.807, 2.05) is 30.3 Å². The first-order chi connectivity index (χ1) is 15.7. The highest BCUT2D eigenvalue weighted by molar-refractivity contribution is 6.00. The molecule has 5 aromatic rings. The number of fused-ring (bicyclic) bond motifs is 1. The van der Waals surface area contributed by atoms with Gasteiger partial charge < -0.3 is 15.4 Å². The van der Waals surface area contributed by atoms with Gasteiger partial charge in [-0.1, -0.05) is 48.5 Å². The molecule has 0 spiro atoms. The summed E-state index contributed by atoms with van der Waals surface area (Å²) in [5.41, 5.74) is 1.16. The van der Waals surface area contributed by atoms with Crippen molar-refractivity contribution in [3.8, 4) is 11.1 Å². The van der Waals surface area contributed by atoms with Crippen molar-refractivity contribution < 1.29 is 9.90 Å². The number of amides is 1. The van der Waals surface area contributed by atoms with Gasteiger partial charge in [0.15, 0.2) is 5.82 Å². The van der Waals surface area contributed by atoms with Gasteiger partial charge in [-0.3, -0.25) is 9.78 Å². The zero-order valence-corrected chi connectivity index (χ0v) is 16.8. The minimum atomic E-state index is -2.01. The summed E-state index contributed by atoms with van der Waals surface area (Å²) in [5.74, 6) is -0.537. The van der Waals surface area contributed by atoms with Gasteiger partial charge >= 0.3 is 0 Å². The monoisotopic (exact) mass is 422 g/mol. The number of aliphatic hydroxyl groups is 1. The number of carbonyl (C=O) groups excluding carboxylic acids is 1. The topological polar surface area (TPSA) is 117 Å². The number of pyridine rings is 1. The summed E-state index contributed by atoms with van der Waals surface area (Å²) >= 11 is 0. The summed E-state index contributed by atoms with van der Waals surface area (Å²) in [6, 6.07) is 18.1. The molecule has 32 heavy (non-hydrogen) atoms. The maximum Gasteiger partial charge on any atom is 0.269 e. The molecule has 0 saturated carbocycles. The van der Waals surface area contributed by atoms with Crippen LogP contribution < -0.4 is 5.32 Å². The molecule has 0 unspecified atom stereocenters. The highest BCUT2D eigenvalue weighted by atomic mass is 16.3. The maximum atomic E-state index is 13.3. The number of H-pyrrole nitrogens is 1. The lowest BCUT2D eigenvalue weighted by Crippen LogP contribution is -2.42. The zero-order chi connectivity index (χ0) is 22.0. The molecule has 0 aliphatic heterocycles. The largest absolute Gasteiger partial charge is 0.369 e. The number of nitrogens with one attached hydrogen (secondary N) is 2. The second kappa shape index (κ2) is 8.01. The number of anilines is 1. The average molecular weight is 422 g/mol. The fourth-order valence-corrected chi connectivity index (χ4v) is 3.63. The van der Waals surface area contributed by atoms with Crippen LogP contribution in [0.3, 0.4) is 0 Å². The van der Waals surface area contributed by atoms with Crippen molar-refractivity contribution in [1.82, 2.24) is 25.1 Å². The molecule has 0 aliphatic rings. The molecule has 3 heterocycles. The van der Waals surface area contributed by atoms with Crippen molar-refractivity contribution in [2.75, 3.05) is 5.32 Å². The van der Waals surface area contributed by atoms with Gasteiger partial charge in [-0.25, -0.2) is 4.98 Å². The van der Waals surface area contributed by atoms with E-state index in [0.717, 1.165) is 22.0 Å². The number of aromatic nitrogens is 5. The summed E-state index contributed by atoms with van der Waals surface area (Å²) in [5, 5.41) is 23.4. The van der Waals surface area contributed by atoms with Crippen LogP contribution in [-0.2, 0) is 10.4 Å². The average Bonchev–Trinajstić information content (AvgIpc) is 3.39. The van der Waals surface area contributed by atoms with Crippen LogP contribution in [-0.4, -0.2) is 36.2 Å². The number of rotatable bonds is 5. The molecule has 8 heteroatoms. The van der Waals surface area contributed by atoms with E-state index in [4.69, 9.17) is 0 Å². The Morgan fingerprint density at radius 2 is 1.81 bits per heavy atom. The highest BCUT2D eigenvalue weighted by Gasteiger charge is 2.42. The quantitative estimate of drug-likeness (QED) is 0.400. The fourth-order valence-electron chi connectivity index (χ4n) is 3.63. The first-order valence-electron chi connectivity index (χ1n) is 9.91. The third-order valence-corrected chi connectivity index (χ3v) is 5.21. The number of nitrogens with zero attached hydrogens (tertiary/aromatic N) is 4. The molecular formula is C24H18N6O2. The van der Waals surface area contributed by atoms with Crippen molar-refractivity contribution in [2.24, 2.45) is 0 Å². The van der Waals surface area contributed by atoms with Gasteiger partial charge in [0, 0.05) is 40.7 Å². The second-order valence-corrected chi connectivity index (χ2v) is 7.21. The van der Waals surface area contributed by atoms with E-state index in [1.165, 1.54) is 12.4 Å². The molecule has 2 aromatic carbocycles. The van der Waals surface area contributed by atoms with Crippen molar-refractivity contribution in [1.29, 1.82) is 0 Å². The SMILES string of the molecule is O=C(Nc1cncc(-c2cnnc3ccccc23)c1)[C@](O)(c1ccccc1)c1ncc[nH]1. The number of benzene rings is 2. The third kappa shape index (κ3) is 3.38. The molecule has 156 valence electrons. The van der Waals surface area contributed by atoms with Gasteiger partial charge in [0.1, 0.15) is 0 Å². The number of aromatic amines is 1. The Balaban J connectivity index is 1.52. The van der Waals surface area contributed by atoms with E-state index in [9.17, 15) is 9.90 Å². The smallest absolute Gasteiger partial charge is 0.269 e. The van der Waals surface area contributed by atoms with E-state index in [2.05, 4.69) is 30.5 Å². The normalized spacial score (nSPS) is 12.9. The molecule has 0 radical (unpaired) electrons. The molecule has 3 N–H and O–H groups in total. The van der Waals surface area contributed by atoms with Gasteiger partial charge in [-0.15, -0.1) is 0 Å². The lowest BCUT2D eigenvalue weighted by Gasteiger charge is -2.25. The molecule has 5 rings (SSSR count). The van der Waals surface area contributed by atoms with Gasteiger partial charge in [0.05, 0.1) is 23.6 Å². The number of hydrogen-bond donors (Lipinski definition) is 3. The molecule has 0 saturated heterocycles. The molecule has 0 aliphatic carbocycles. The molecular weight excluding hydrogens is 404 g/mol. The van der Waals surface area contributed by atoms with E-state index in [1.54, 1.807) is 48.9 Å². The number of carbonyl (C=O) groups is 1. The summed E-state index contributed by atoms with van der Waals surface area (Å²) in [7, 11) is 0. The lowest BCUT2D eigenvalue weighted by molar-refractivity contribution is -0.131. The first kappa shape index (κ1) is 19.5. The predicted molar refractivity (Wildman–Crippen MR) is 119 cm³/mol. The molecule has 1 amide bonds. The fraction of sp³-hybridized carbons (Fsp3) is 0.0417. The standard InChI is InChI=1S/C24H18N6O2/c31-23(24(32,22-26-10-11-27-22)17-6-2-1-3-7-17)29-18-12-16(13-25-14-18)20-15-28-30-21-9-5-4-8-19(20)21/h1-15,32H,(H,26,27)(H,29,31)/t24-/m0/s1. The van der Waals surface area contributed by atoms with E-state index >= 15 is 0 Å². The molecule has 0 fully saturated rings. The van der Waals surface area contributed by atoms with Crippen molar-refractivity contribution >= 4 is 22.5 Å². The highest BCUT2D eigenvalue weighted by Crippen LogP contribution is 2.31. The summed E-state index contributed by atoms with van der Waals surface area (Å²) < 4.78 is 0. The molecule has 8 nitrogen and oxygen atoms in total. The Kier molecular flexibility index (Phi) is 4.89. The van der Waals surface area contributed by atoms with Crippen molar-refractivity contribution in [3.05, 3.63) is 103 Å². The van der Waals surface area contributed by atoms with E-state index in [0.29, 0.717) is 11.3 Å². The Morgan fingerprint density at radius 1 is 1.00 bits per heavy atom. The van der Waals surface area contributed by atoms with Gasteiger partial charge in [0.2, 0.25) is 5.60 Å². The Hall–Kier alpha value is -4.43. The van der Waals surface area contributed by atoms with Crippen LogP contribution in [0, 0.1) is 0 Å². The van der Waals surface area contributed by atoms with Crippen LogP contribution in [0.15, 0.2) is 91.6 Å². The lowest BCUT2D eigenvalue weighted by atomic mass is 9.91. The van der Waals surface area contributed by atoms with Crippen LogP contribution in [0.1, 0.15) is 11.4 Å². The Bertz CT molecular complexity index is 1380. The van der Waals surface area contributed by atoms with E-state index < -0.39 is 11.5 Å². The first-order valence-corrected chi connectivity index (χ1v) is 9.91. The van der Waals surface area contributed by atoms with Crippen molar-refractivity contribution in [2.45, 2.75) is 5.60 Å². The van der Waals surface area contributed by atoms with Gasteiger partial charge in [-0.05, 0) is 12.1 Å². The summed E-state index contributed by atoms with van der Waals surface area (Å²) in [6.07, 6.45) is 7.91. The van der Waals surface area contributed by atoms with Gasteiger partial charge in [-0.2, -0.15) is 10.2 Å². The van der Waals surface area contributed by atoms with Crippen molar-refractivity contribution in [3.63, 3.8) is 0 Å². The number of imidazole rings is 1. The van der Waals surface area contributed by atoms with Crippen LogP contribution in [0.2, 0.25) is 0 Å². The Morgan fingerprint density at radius 3 is 2.62 bits per heavy atom.